The van der Waals surface area contributed by atoms with E-state index in [1.54, 1.807) is 6.20 Å². The minimum absolute atomic E-state index is 0.146. The van der Waals surface area contributed by atoms with Crippen LogP contribution in [0.25, 0.3) is 0 Å². The lowest BCUT2D eigenvalue weighted by atomic mass is 9.85. The highest BCUT2D eigenvalue weighted by Crippen LogP contribution is 2.27. The van der Waals surface area contributed by atoms with Crippen LogP contribution in [0.3, 0.4) is 0 Å². The third-order valence-corrected chi connectivity index (χ3v) is 4.63. The van der Waals surface area contributed by atoms with Crippen molar-refractivity contribution in [1.29, 1.82) is 0 Å². The summed E-state index contributed by atoms with van der Waals surface area (Å²) in [5.41, 5.74) is 0.808. The fourth-order valence-corrected chi connectivity index (χ4v) is 2.86. The lowest BCUT2D eigenvalue weighted by Crippen LogP contribution is -2.46. The Bertz CT molecular complexity index is 476. The molecule has 1 aromatic heterocycles. The van der Waals surface area contributed by atoms with Crippen molar-refractivity contribution < 1.29 is 4.79 Å². The number of pyridine rings is 1. The SMILES string of the molecule is CCN1CCN(c2ccc(NC(=O)C3CCC3)cn2)CC1. The Morgan fingerprint density at radius 3 is 2.57 bits per heavy atom. The molecule has 3 rings (SSSR count). The van der Waals surface area contributed by atoms with Crippen LogP contribution in [-0.2, 0) is 4.79 Å². The standard InChI is InChI=1S/C16H24N4O/c1-2-19-8-10-20(11-9-19)15-7-6-14(12-17-15)18-16(21)13-4-3-5-13/h6-7,12-13H,2-5,8-11H2,1H3,(H,18,21). The van der Waals surface area contributed by atoms with Crippen molar-refractivity contribution in [3.05, 3.63) is 18.3 Å². The summed E-state index contributed by atoms with van der Waals surface area (Å²) in [7, 11) is 0. The lowest BCUT2D eigenvalue weighted by molar-refractivity contribution is -0.122. The molecule has 0 atom stereocenters. The molecule has 21 heavy (non-hydrogen) atoms. The van der Waals surface area contributed by atoms with Crippen molar-refractivity contribution in [3.63, 3.8) is 0 Å². The first-order chi connectivity index (χ1) is 10.3. The predicted octanol–water partition coefficient (Wildman–Crippen LogP) is 1.96. The summed E-state index contributed by atoms with van der Waals surface area (Å²) in [5, 5.41) is 2.96. The van der Waals surface area contributed by atoms with E-state index in [0.29, 0.717) is 0 Å². The first kappa shape index (κ1) is 14.3. The smallest absolute Gasteiger partial charge is 0.227 e. The van der Waals surface area contributed by atoms with Crippen LogP contribution in [0.5, 0.6) is 0 Å². The molecule has 5 nitrogen and oxygen atoms in total. The minimum atomic E-state index is 0.146. The van der Waals surface area contributed by atoms with E-state index >= 15 is 0 Å². The van der Waals surface area contributed by atoms with Crippen LogP contribution in [0.1, 0.15) is 26.2 Å². The van der Waals surface area contributed by atoms with E-state index < -0.39 is 0 Å². The lowest BCUT2D eigenvalue weighted by Gasteiger charge is -2.34. The number of amides is 1. The zero-order valence-electron chi connectivity index (χ0n) is 12.7. The highest BCUT2D eigenvalue weighted by Gasteiger charge is 2.25. The van der Waals surface area contributed by atoms with Gasteiger partial charge in [-0.3, -0.25) is 4.79 Å². The van der Waals surface area contributed by atoms with Gasteiger partial charge in [-0.25, -0.2) is 4.98 Å². The Kier molecular flexibility index (Phi) is 4.39. The molecule has 1 saturated carbocycles. The topological polar surface area (TPSA) is 48.5 Å². The number of carbonyl (C=O) groups excluding carboxylic acids is 1. The maximum atomic E-state index is 11.9. The number of hydrogen-bond donors (Lipinski definition) is 1. The van der Waals surface area contributed by atoms with Crippen LogP contribution >= 0.6 is 0 Å². The van der Waals surface area contributed by atoms with Crippen molar-refractivity contribution in [1.82, 2.24) is 9.88 Å². The first-order valence-electron chi connectivity index (χ1n) is 8.00. The summed E-state index contributed by atoms with van der Waals surface area (Å²) in [6, 6.07) is 3.98. The number of piperazine rings is 1. The van der Waals surface area contributed by atoms with Gasteiger partial charge in [0.15, 0.2) is 0 Å². The van der Waals surface area contributed by atoms with Crippen molar-refractivity contribution in [2.75, 3.05) is 42.9 Å². The van der Waals surface area contributed by atoms with Gasteiger partial charge >= 0.3 is 0 Å². The highest BCUT2D eigenvalue weighted by molar-refractivity contribution is 5.92. The number of anilines is 2. The monoisotopic (exact) mass is 288 g/mol. The fourth-order valence-electron chi connectivity index (χ4n) is 2.86. The number of nitrogens with zero attached hydrogens (tertiary/aromatic N) is 3. The molecule has 0 aromatic carbocycles. The first-order valence-corrected chi connectivity index (χ1v) is 8.00. The Balaban J connectivity index is 1.55. The molecule has 1 aliphatic heterocycles. The van der Waals surface area contributed by atoms with E-state index in [2.05, 4.69) is 27.0 Å². The summed E-state index contributed by atoms with van der Waals surface area (Å²) in [5.74, 6) is 1.37. The van der Waals surface area contributed by atoms with Gasteiger partial charge in [0.1, 0.15) is 5.82 Å². The third kappa shape index (κ3) is 3.35. The van der Waals surface area contributed by atoms with Crippen molar-refractivity contribution in [3.8, 4) is 0 Å². The third-order valence-electron chi connectivity index (χ3n) is 4.63. The van der Waals surface area contributed by atoms with Gasteiger partial charge in [-0.1, -0.05) is 13.3 Å². The second-order valence-electron chi connectivity index (χ2n) is 5.94. The average Bonchev–Trinajstić information content (AvgIpc) is 2.46. The highest BCUT2D eigenvalue weighted by atomic mass is 16.1. The zero-order valence-corrected chi connectivity index (χ0v) is 12.7. The molecule has 2 fully saturated rings. The van der Waals surface area contributed by atoms with Crippen LogP contribution in [0.2, 0.25) is 0 Å². The molecule has 1 N–H and O–H groups in total. The van der Waals surface area contributed by atoms with Gasteiger partial charge in [-0.2, -0.15) is 0 Å². The summed E-state index contributed by atoms with van der Waals surface area (Å²) >= 11 is 0. The van der Waals surface area contributed by atoms with Gasteiger partial charge < -0.3 is 15.1 Å². The number of aromatic nitrogens is 1. The Morgan fingerprint density at radius 1 is 1.29 bits per heavy atom. The van der Waals surface area contributed by atoms with Crippen molar-refractivity contribution in [2.45, 2.75) is 26.2 Å². The maximum absolute atomic E-state index is 11.9. The number of rotatable bonds is 4. The fraction of sp³-hybridized carbons (Fsp3) is 0.625. The Hall–Kier alpha value is -1.62. The quantitative estimate of drug-likeness (QED) is 0.920. The second-order valence-corrected chi connectivity index (χ2v) is 5.94. The van der Waals surface area contributed by atoms with Gasteiger partial charge in [0, 0.05) is 32.1 Å². The summed E-state index contributed by atoms with van der Waals surface area (Å²) in [6.07, 6.45) is 5.01. The van der Waals surface area contributed by atoms with E-state index in [1.165, 1.54) is 6.42 Å². The molecule has 0 bridgehead atoms. The van der Waals surface area contributed by atoms with Gasteiger partial charge in [-0.05, 0) is 31.5 Å². The Labute approximate surface area is 126 Å². The molecule has 1 amide bonds. The van der Waals surface area contributed by atoms with Gasteiger partial charge in [-0.15, -0.1) is 0 Å². The molecular formula is C16H24N4O. The molecule has 114 valence electrons. The normalized spacial score (nSPS) is 20.1. The molecule has 1 aromatic rings. The summed E-state index contributed by atoms with van der Waals surface area (Å²) < 4.78 is 0. The van der Waals surface area contributed by atoms with Crippen molar-refractivity contribution in [2.24, 2.45) is 5.92 Å². The molecular weight excluding hydrogens is 264 g/mol. The molecule has 1 saturated heterocycles. The van der Waals surface area contributed by atoms with Crippen LogP contribution in [0.15, 0.2) is 18.3 Å². The van der Waals surface area contributed by atoms with Gasteiger partial charge in [0.25, 0.3) is 0 Å². The van der Waals surface area contributed by atoms with Crippen LogP contribution in [0.4, 0.5) is 11.5 Å². The van der Waals surface area contributed by atoms with E-state index in [9.17, 15) is 4.79 Å². The van der Waals surface area contributed by atoms with Gasteiger partial charge in [0.2, 0.25) is 5.91 Å². The summed E-state index contributed by atoms with van der Waals surface area (Å²) in [4.78, 5) is 21.2. The predicted molar refractivity (Wildman–Crippen MR) is 84.5 cm³/mol. The number of carbonyl (C=O) groups is 1. The molecule has 2 aliphatic rings. The Morgan fingerprint density at radius 2 is 2.05 bits per heavy atom. The molecule has 5 heteroatoms. The molecule has 2 heterocycles. The number of nitrogens with one attached hydrogen (secondary N) is 1. The van der Waals surface area contributed by atoms with Crippen LogP contribution < -0.4 is 10.2 Å². The zero-order chi connectivity index (χ0) is 14.7. The molecule has 0 radical (unpaired) electrons. The minimum Gasteiger partial charge on any atom is -0.354 e. The molecule has 0 spiro atoms. The van der Waals surface area contributed by atoms with Crippen LogP contribution in [-0.4, -0.2) is 48.5 Å². The van der Waals surface area contributed by atoms with Crippen LogP contribution in [0, 0.1) is 5.92 Å². The maximum Gasteiger partial charge on any atom is 0.227 e. The number of hydrogen-bond acceptors (Lipinski definition) is 4. The molecule has 0 unspecified atom stereocenters. The largest absolute Gasteiger partial charge is 0.354 e. The molecule has 1 aliphatic carbocycles. The van der Waals surface area contributed by atoms with E-state index in [0.717, 1.165) is 57.1 Å². The average molecular weight is 288 g/mol. The van der Waals surface area contributed by atoms with Crippen molar-refractivity contribution >= 4 is 17.4 Å². The van der Waals surface area contributed by atoms with E-state index in [-0.39, 0.29) is 11.8 Å². The summed E-state index contributed by atoms with van der Waals surface area (Å²) in [6.45, 7) is 7.56. The van der Waals surface area contributed by atoms with Gasteiger partial charge in [0.05, 0.1) is 11.9 Å². The second kappa shape index (κ2) is 6.43. The number of likely N-dealkylation sites (N-methyl/N-ethyl adjacent to an activating group) is 1. The van der Waals surface area contributed by atoms with E-state index in [4.69, 9.17) is 0 Å². The van der Waals surface area contributed by atoms with E-state index in [1.807, 2.05) is 12.1 Å².